The average molecular weight is 287 g/mol. The Morgan fingerprint density at radius 3 is 2.85 bits per heavy atom. The highest BCUT2D eigenvalue weighted by Crippen LogP contribution is 2.33. The normalized spacial score (nSPS) is 16.6. The molecular weight excluding hydrogens is 274 g/mol. The quantitative estimate of drug-likeness (QED) is 0.631. The summed E-state index contributed by atoms with van der Waals surface area (Å²) >= 11 is 0.891. The highest BCUT2D eigenvalue weighted by molar-refractivity contribution is 8.18. The van der Waals surface area contributed by atoms with Crippen LogP contribution in [0.1, 0.15) is 12.5 Å². The van der Waals surface area contributed by atoms with Gasteiger partial charge in [0.2, 0.25) is 0 Å². The van der Waals surface area contributed by atoms with Crippen molar-refractivity contribution < 1.29 is 14.3 Å². The molecule has 4 nitrogen and oxygen atoms in total. The van der Waals surface area contributed by atoms with Crippen molar-refractivity contribution in [3.05, 3.63) is 34.7 Å². The second-order valence-corrected chi connectivity index (χ2v) is 4.94. The molecule has 0 bridgehead atoms. The summed E-state index contributed by atoms with van der Waals surface area (Å²) in [7, 11) is 0. The molecule has 0 aromatic heterocycles. The molecule has 2 amide bonds. The second kappa shape index (κ2) is 6.31. The molecule has 1 heterocycles. The van der Waals surface area contributed by atoms with Crippen molar-refractivity contribution in [3.8, 4) is 18.1 Å². The number of para-hydroxylation sites is 1. The number of ether oxygens (including phenoxy) is 1. The molecule has 1 aliphatic heterocycles. The maximum Gasteiger partial charge on any atom is 0.294 e. The monoisotopic (exact) mass is 287 g/mol. The van der Waals surface area contributed by atoms with E-state index in [4.69, 9.17) is 11.2 Å². The third-order valence-corrected chi connectivity index (χ3v) is 3.54. The molecule has 1 aliphatic rings. The van der Waals surface area contributed by atoms with E-state index < -0.39 is 0 Å². The van der Waals surface area contributed by atoms with Gasteiger partial charge in [0.05, 0.1) is 18.1 Å². The SMILES string of the molecule is C#CCN1C(=O)SC(=Cc2ccccc2OCC)C1=O. The van der Waals surface area contributed by atoms with Crippen LogP contribution in [0.25, 0.3) is 6.08 Å². The van der Waals surface area contributed by atoms with Crippen LogP contribution in [-0.4, -0.2) is 29.2 Å². The third kappa shape index (κ3) is 2.86. The van der Waals surface area contributed by atoms with Crippen molar-refractivity contribution in [2.75, 3.05) is 13.2 Å². The van der Waals surface area contributed by atoms with Gasteiger partial charge in [-0.15, -0.1) is 6.42 Å². The first-order valence-electron chi connectivity index (χ1n) is 6.08. The van der Waals surface area contributed by atoms with Crippen LogP contribution in [0.5, 0.6) is 5.75 Å². The van der Waals surface area contributed by atoms with Crippen LogP contribution in [0.3, 0.4) is 0 Å². The molecule has 5 heteroatoms. The van der Waals surface area contributed by atoms with Gasteiger partial charge in [-0.25, -0.2) is 0 Å². The molecule has 1 fully saturated rings. The van der Waals surface area contributed by atoms with E-state index in [1.54, 1.807) is 6.08 Å². The summed E-state index contributed by atoms with van der Waals surface area (Å²) in [5.41, 5.74) is 0.764. The van der Waals surface area contributed by atoms with Gasteiger partial charge in [0.15, 0.2) is 0 Å². The van der Waals surface area contributed by atoms with Crippen LogP contribution in [0.15, 0.2) is 29.2 Å². The molecule has 1 aromatic rings. The molecule has 0 atom stereocenters. The number of hydrogen-bond acceptors (Lipinski definition) is 4. The number of terminal acetylenes is 1. The van der Waals surface area contributed by atoms with Gasteiger partial charge in [0, 0.05) is 5.56 Å². The van der Waals surface area contributed by atoms with Crippen LogP contribution < -0.4 is 4.74 Å². The fraction of sp³-hybridized carbons (Fsp3) is 0.200. The zero-order valence-corrected chi connectivity index (χ0v) is 11.8. The lowest BCUT2D eigenvalue weighted by molar-refractivity contribution is -0.122. The molecule has 0 unspecified atom stereocenters. The van der Waals surface area contributed by atoms with Gasteiger partial charge in [0.1, 0.15) is 5.75 Å². The largest absolute Gasteiger partial charge is 0.493 e. The standard InChI is InChI=1S/C15H13NO3S/c1-3-9-16-14(17)13(20-15(16)18)10-11-7-5-6-8-12(11)19-4-2/h1,5-8,10H,4,9H2,2H3. The van der Waals surface area contributed by atoms with E-state index in [9.17, 15) is 9.59 Å². The molecule has 2 rings (SSSR count). The number of carbonyl (C=O) groups excluding carboxylic acids is 2. The molecule has 1 aromatic carbocycles. The van der Waals surface area contributed by atoms with E-state index >= 15 is 0 Å². The van der Waals surface area contributed by atoms with Gasteiger partial charge in [-0.3, -0.25) is 14.5 Å². The molecule has 0 radical (unpaired) electrons. The summed E-state index contributed by atoms with van der Waals surface area (Å²) in [5, 5.41) is -0.340. The number of rotatable bonds is 4. The molecule has 0 saturated carbocycles. The predicted molar refractivity (Wildman–Crippen MR) is 79.1 cm³/mol. The Morgan fingerprint density at radius 2 is 2.15 bits per heavy atom. The summed E-state index contributed by atoms with van der Waals surface area (Å²) in [6.07, 6.45) is 6.81. The Balaban J connectivity index is 2.31. The molecular formula is C15H13NO3S. The molecule has 20 heavy (non-hydrogen) atoms. The van der Waals surface area contributed by atoms with E-state index in [-0.39, 0.29) is 17.7 Å². The Morgan fingerprint density at radius 1 is 1.40 bits per heavy atom. The van der Waals surface area contributed by atoms with Gasteiger partial charge in [-0.2, -0.15) is 0 Å². The number of thioether (sulfide) groups is 1. The predicted octanol–water partition coefficient (Wildman–Crippen LogP) is 2.75. The van der Waals surface area contributed by atoms with Gasteiger partial charge in [-0.05, 0) is 30.8 Å². The highest BCUT2D eigenvalue weighted by Gasteiger charge is 2.34. The first-order valence-corrected chi connectivity index (χ1v) is 6.89. The summed E-state index contributed by atoms with van der Waals surface area (Å²) < 4.78 is 5.49. The lowest BCUT2D eigenvalue weighted by atomic mass is 10.2. The van der Waals surface area contributed by atoms with Crippen molar-refractivity contribution in [1.29, 1.82) is 0 Å². The Labute approximate surface area is 121 Å². The van der Waals surface area contributed by atoms with Crippen LogP contribution in [0, 0.1) is 12.3 Å². The van der Waals surface area contributed by atoms with Crippen molar-refractivity contribution >= 4 is 29.0 Å². The fourth-order valence-corrected chi connectivity index (χ4v) is 2.58. The minimum Gasteiger partial charge on any atom is -0.493 e. The van der Waals surface area contributed by atoms with Crippen LogP contribution >= 0.6 is 11.8 Å². The van der Waals surface area contributed by atoms with Crippen molar-refractivity contribution in [2.24, 2.45) is 0 Å². The highest BCUT2D eigenvalue weighted by atomic mass is 32.2. The topological polar surface area (TPSA) is 46.6 Å². The van der Waals surface area contributed by atoms with Gasteiger partial charge in [-0.1, -0.05) is 24.1 Å². The van der Waals surface area contributed by atoms with E-state index in [0.717, 1.165) is 22.2 Å². The summed E-state index contributed by atoms with van der Waals surface area (Å²) in [6.45, 7) is 2.41. The van der Waals surface area contributed by atoms with Gasteiger partial charge in [0.25, 0.3) is 11.1 Å². The molecule has 102 valence electrons. The lowest BCUT2D eigenvalue weighted by Gasteiger charge is -2.08. The Kier molecular flexibility index (Phi) is 4.49. The first kappa shape index (κ1) is 14.2. The van der Waals surface area contributed by atoms with Gasteiger partial charge < -0.3 is 4.74 Å². The van der Waals surface area contributed by atoms with E-state index in [2.05, 4.69) is 5.92 Å². The number of benzene rings is 1. The molecule has 0 aliphatic carbocycles. The van der Waals surface area contributed by atoms with Crippen molar-refractivity contribution in [1.82, 2.24) is 4.90 Å². The zero-order chi connectivity index (χ0) is 14.5. The van der Waals surface area contributed by atoms with E-state index in [1.165, 1.54) is 0 Å². The minimum atomic E-state index is -0.357. The van der Waals surface area contributed by atoms with Crippen LogP contribution in [-0.2, 0) is 4.79 Å². The minimum absolute atomic E-state index is 0.00485. The maximum atomic E-state index is 12.1. The third-order valence-electron chi connectivity index (χ3n) is 2.63. The number of nitrogens with zero attached hydrogens (tertiary/aromatic N) is 1. The first-order chi connectivity index (χ1) is 9.67. The number of imide groups is 1. The molecule has 1 saturated heterocycles. The van der Waals surface area contributed by atoms with Crippen molar-refractivity contribution in [2.45, 2.75) is 6.92 Å². The second-order valence-electron chi connectivity index (χ2n) is 3.94. The van der Waals surface area contributed by atoms with Crippen LogP contribution in [0.2, 0.25) is 0 Å². The molecule has 0 spiro atoms. The average Bonchev–Trinajstić information content (AvgIpc) is 2.69. The smallest absolute Gasteiger partial charge is 0.294 e. The van der Waals surface area contributed by atoms with E-state index in [0.29, 0.717) is 17.3 Å². The van der Waals surface area contributed by atoms with Crippen LogP contribution in [0.4, 0.5) is 4.79 Å². The van der Waals surface area contributed by atoms with E-state index in [1.807, 2.05) is 31.2 Å². The fourth-order valence-electron chi connectivity index (χ4n) is 1.76. The number of hydrogen-bond donors (Lipinski definition) is 0. The van der Waals surface area contributed by atoms with Crippen molar-refractivity contribution in [3.63, 3.8) is 0 Å². The lowest BCUT2D eigenvalue weighted by Crippen LogP contribution is -2.28. The maximum absolute atomic E-state index is 12.1. The summed E-state index contributed by atoms with van der Waals surface area (Å²) in [6, 6.07) is 7.35. The summed E-state index contributed by atoms with van der Waals surface area (Å²) in [5.74, 6) is 2.63. The number of amides is 2. The molecule has 0 N–H and O–H groups in total. The summed E-state index contributed by atoms with van der Waals surface area (Å²) in [4.78, 5) is 25.2. The number of carbonyl (C=O) groups is 2. The Bertz CT molecular complexity index is 616. The van der Waals surface area contributed by atoms with Gasteiger partial charge >= 0.3 is 0 Å². The zero-order valence-electron chi connectivity index (χ0n) is 11.0. The Hall–Kier alpha value is -2.19.